The maximum absolute atomic E-state index is 12.6. The number of imide groups is 1. The third-order valence-corrected chi connectivity index (χ3v) is 4.52. The Bertz CT molecular complexity index is 532. The number of hydrogen-bond acceptors (Lipinski definition) is 4. The van der Waals surface area contributed by atoms with Crippen molar-refractivity contribution in [2.24, 2.45) is 7.05 Å². The first-order chi connectivity index (χ1) is 10.2. The van der Waals surface area contributed by atoms with Crippen molar-refractivity contribution in [3.63, 3.8) is 0 Å². The number of aryl methyl sites for hydroxylation is 1. The molecule has 1 aromatic rings. The van der Waals surface area contributed by atoms with Crippen LogP contribution in [-0.2, 0) is 16.6 Å². The summed E-state index contributed by atoms with van der Waals surface area (Å²) in [6, 6.07) is 1.47. The van der Waals surface area contributed by atoms with Gasteiger partial charge in [0.2, 0.25) is 5.91 Å². The van der Waals surface area contributed by atoms with Gasteiger partial charge in [0.15, 0.2) is 0 Å². The smallest absolute Gasteiger partial charge is 0.252 e. The molecule has 1 saturated heterocycles. The Morgan fingerprint density at radius 2 is 1.90 bits per heavy atom. The van der Waals surface area contributed by atoms with Crippen LogP contribution in [0.5, 0.6) is 0 Å². The first-order valence-corrected chi connectivity index (χ1v) is 7.77. The van der Waals surface area contributed by atoms with Gasteiger partial charge in [-0.05, 0) is 12.8 Å². The Balaban J connectivity index is 1.71. The van der Waals surface area contributed by atoms with E-state index < -0.39 is 6.04 Å². The molecule has 1 aliphatic heterocycles. The van der Waals surface area contributed by atoms with Gasteiger partial charge in [-0.1, -0.05) is 25.7 Å². The SMILES string of the molecule is Cn1nccc1NC1CC(=O)N(C2CCCCCC2)C1=O. The zero-order valence-electron chi connectivity index (χ0n) is 12.4. The average Bonchev–Trinajstić information content (AvgIpc) is 2.85. The fourth-order valence-corrected chi connectivity index (χ4v) is 3.36. The molecule has 2 aliphatic rings. The van der Waals surface area contributed by atoms with Crippen LogP contribution in [0, 0.1) is 0 Å². The van der Waals surface area contributed by atoms with Gasteiger partial charge >= 0.3 is 0 Å². The van der Waals surface area contributed by atoms with E-state index in [2.05, 4.69) is 10.4 Å². The van der Waals surface area contributed by atoms with Crippen molar-refractivity contribution in [1.82, 2.24) is 14.7 Å². The summed E-state index contributed by atoms with van der Waals surface area (Å²) >= 11 is 0. The number of nitrogens with one attached hydrogen (secondary N) is 1. The number of carbonyl (C=O) groups excluding carboxylic acids is 2. The van der Waals surface area contributed by atoms with Crippen molar-refractivity contribution in [2.75, 3.05) is 5.32 Å². The van der Waals surface area contributed by atoms with Crippen LogP contribution < -0.4 is 5.32 Å². The monoisotopic (exact) mass is 290 g/mol. The molecule has 0 radical (unpaired) electrons. The Morgan fingerprint density at radius 3 is 2.52 bits per heavy atom. The number of rotatable bonds is 3. The van der Waals surface area contributed by atoms with Crippen LogP contribution in [0.2, 0.25) is 0 Å². The Hall–Kier alpha value is -1.85. The van der Waals surface area contributed by atoms with E-state index in [9.17, 15) is 9.59 Å². The lowest BCUT2D eigenvalue weighted by Crippen LogP contribution is -2.42. The maximum atomic E-state index is 12.6. The molecule has 1 N–H and O–H groups in total. The van der Waals surface area contributed by atoms with Crippen LogP contribution in [-0.4, -0.2) is 38.6 Å². The highest BCUT2D eigenvalue weighted by molar-refractivity contribution is 6.07. The van der Waals surface area contributed by atoms with E-state index in [4.69, 9.17) is 0 Å². The van der Waals surface area contributed by atoms with Gasteiger partial charge in [-0.2, -0.15) is 5.10 Å². The predicted molar refractivity (Wildman–Crippen MR) is 78.6 cm³/mol. The fourth-order valence-electron chi connectivity index (χ4n) is 3.36. The molecule has 2 amide bonds. The highest BCUT2D eigenvalue weighted by atomic mass is 16.2. The summed E-state index contributed by atoms with van der Waals surface area (Å²) in [5, 5.41) is 7.21. The lowest BCUT2D eigenvalue weighted by molar-refractivity contribution is -0.141. The summed E-state index contributed by atoms with van der Waals surface area (Å²) in [5.41, 5.74) is 0. The third-order valence-electron chi connectivity index (χ3n) is 4.52. The molecule has 6 nitrogen and oxygen atoms in total. The number of carbonyl (C=O) groups is 2. The van der Waals surface area contributed by atoms with Crippen molar-refractivity contribution in [3.8, 4) is 0 Å². The van der Waals surface area contributed by atoms with Crippen molar-refractivity contribution >= 4 is 17.6 Å². The summed E-state index contributed by atoms with van der Waals surface area (Å²) in [5.74, 6) is 0.656. The Kier molecular flexibility index (Phi) is 3.94. The van der Waals surface area contributed by atoms with E-state index in [0.29, 0.717) is 0 Å². The molecule has 1 aromatic heterocycles. The van der Waals surface area contributed by atoms with Gasteiger partial charge < -0.3 is 5.32 Å². The van der Waals surface area contributed by atoms with Crippen molar-refractivity contribution in [2.45, 2.75) is 57.0 Å². The number of amides is 2. The third kappa shape index (κ3) is 2.80. The van der Waals surface area contributed by atoms with Gasteiger partial charge in [-0.3, -0.25) is 19.2 Å². The van der Waals surface area contributed by atoms with Crippen LogP contribution in [0.3, 0.4) is 0 Å². The molecule has 1 atom stereocenters. The van der Waals surface area contributed by atoms with Crippen molar-refractivity contribution in [3.05, 3.63) is 12.3 Å². The lowest BCUT2D eigenvalue weighted by atomic mass is 10.1. The molecule has 2 fully saturated rings. The van der Waals surface area contributed by atoms with Gasteiger partial charge in [-0.15, -0.1) is 0 Å². The minimum absolute atomic E-state index is 0.0356. The molecule has 2 heterocycles. The van der Waals surface area contributed by atoms with E-state index in [1.54, 1.807) is 10.9 Å². The van der Waals surface area contributed by atoms with Crippen LogP contribution in [0.15, 0.2) is 12.3 Å². The van der Waals surface area contributed by atoms with Crippen molar-refractivity contribution < 1.29 is 9.59 Å². The Labute approximate surface area is 124 Å². The predicted octanol–water partition coefficient (Wildman–Crippen LogP) is 1.68. The zero-order valence-corrected chi connectivity index (χ0v) is 12.4. The van der Waals surface area contributed by atoms with Crippen LogP contribution in [0.25, 0.3) is 0 Å². The standard InChI is InChI=1S/C15H22N4O2/c1-18-13(8-9-16-18)17-12-10-14(20)19(15(12)21)11-6-4-2-3-5-7-11/h8-9,11-12,17H,2-7,10H2,1H3. The summed E-state index contributed by atoms with van der Waals surface area (Å²) in [4.78, 5) is 26.4. The molecule has 1 unspecified atom stereocenters. The van der Waals surface area contributed by atoms with Gasteiger partial charge in [0, 0.05) is 19.2 Å². The highest BCUT2D eigenvalue weighted by Gasteiger charge is 2.42. The quantitative estimate of drug-likeness (QED) is 0.679. The summed E-state index contributed by atoms with van der Waals surface area (Å²) < 4.78 is 1.67. The largest absolute Gasteiger partial charge is 0.358 e. The van der Waals surface area contributed by atoms with Crippen LogP contribution in [0.4, 0.5) is 5.82 Å². The number of hydrogen-bond donors (Lipinski definition) is 1. The van der Waals surface area contributed by atoms with E-state index in [-0.39, 0.29) is 24.3 Å². The summed E-state index contributed by atoms with van der Waals surface area (Å²) in [6.45, 7) is 0. The molecule has 6 heteroatoms. The van der Waals surface area contributed by atoms with E-state index in [0.717, 1.165) is 31.5 Å². The van der Waals surface area contributed by atoms with E-state index in [1.807, 2.05) is 13.1 Å². The molecule has 21 heavy (non-hydrogen) atoms. The first-order valence-electron chi connectivity index (χ1n) is 7.77. The number of likely N-dealkylation sites (tertiary alicyclic amines) is 1. The Morgan fingerprint density at radius 1 is 1.19 bits per heavy atom. The van der Waals surface area contributed by atoms with E-state index >= 15 is 0 Å². The molecule has 1 saturated carbocycles. The van der Waals surface area contributed by atoms with E-state index in [1.165, 1.54) is 17.7 Å². The summed E-state index contributed by atoms with van der Waals surface area (Å²) in [7, 11) is 1.81. The highest BCUT2D eigenvalue weighted by Crippen LogP contribution is 2.27. The zero-order chi connectivity index (χ0) is 14.8. The lowest BCUT2D eigenvalue weighted by Gasteiger charge is -2.25. The van der Waals surface area contributed by atoms with Crippen LogP contribution in [0.1, 0.15) is 44.9 Å². The van der Waals surface area contributed by atoms with Crippen LogP contribution >= 0.6 is 0 Å². The second kappa shape index (κ2) is 5.87. The number of nitrogens with zero attached hydrogens (tertiary/aromatic N) is 3. The molecule has 0 spiro atoms. The minimum Gasteiger partial charge on any atom is -0.358 e. The molecule has 114 valence electrons. The molecule has 3 rings (SSSR count). The minimum atomic E-state index is -0.448. The maximum Gasteiger partial charge on any atom is 0.252 e. The van der Waals surface area contributed by atoms with Gasteiger partial charge in [0.1, 0.15) is 11.9 Å². The second-order valence-electron chi connectivity index (χ2n) is 5.99. The van der Waals surface area contributed by atoms with Crippen molar-refractivity contribution in [1.29, 1.82) is 0 Å². The molecule has 1 aliphatic carbocycles. The molecule has 0 aromatic carbocycles. The molecular formula is C15H22N4O2. The van der Waals surface area contributed by atoms with Gasteiger partial charge in [-0.25, -0.2) is 0 Å². The number of anilines is 1. The summed E-state index contributed by atoms with van der Waals surface area (Å²) in [6.07, 6.45) is 8.48. The molecule has 0 bridgehead atoms. The number of aromatic nitrogens is 2. The first kappa shape index (κ1) is 14.1. The second-order valence-corrected chi connectivity index (χ2v) is 5.99. The average molecular weight is 290 g/mol. The van der Waals surface area contributed by atoms with Gasteiger partial charge in [0.25, 0.3) is 5.91 Å². The normalized spacial score (nSPS) is 24.4. The topological polar surface area (TPSA) is 67.2 Å². The molecular weight excluding hydrogens is 268 g/mol. The van der Waals surface area contributed by atoms with Gasteiger partial charge in [0.05, 0.1) is 12.6 Å². The fraction of sp³-hybridized carbons (Fsp3) is 0.667.